The predicted octanol–water partition coefficient (Wildman–Crippen LogP) is 8.63. The zero-order chi connectivity index (χ0) is 74.6. The van der Waals surface area contributed by atoms with Crippen LogP contribution < -0.4 is 41.4 Å². The number of benzene rings is 6. The van der Waals surface area contributed by atoms with Crippen LogP contribution >= 0.6 is 0 Å². The molecule has 0 bridgehead atoms. The molecule has 10 N–H and O–H groups in total. The summed E-state index contributed by atoms with van der Waals surface area (Å²) in [7, 11) is 3.32. The summed E-state index contributed by atoms with van der Waals surface area (Å²) in [6, 6.07) is 54.1. The van der Waals surface area contributed by atoms with E-state index in [1.807, 2.05) is 178 Å². The van der Waals surface area contributed by atoms with Gasteiger partial charge < -0.3 is 34.3 Å². The number of aromatic nitrogens is 4. The van der Waals surface area contributed by atoms with E-state index in [9.17, 15) is 38.7 Å². The Morgan fingerprint density at radius 1 is 0.533 bits per heavy atom. The molecule has 26 heteroatoms. The minimum absolute atomic E-state index is 0.164. The number of aliphatic hydroxyl groups is 1. The number of carbonyl (C=O) groups is 7. The molecule has 6 amide bonds. The molecule has 10 aromatic rings. The van der Waals surface area contributed by atoms with Gasteiger partial charge in [0.1, 0.15) is 43.1 Å². The highest BCUT2D eigenvalue weighted by atomic mass is 16.5. The van der Waals surface area contributed by atoms with Crippen molar-refractivity contribution in [3.8, 4) is 28.5 Å². The Morgan fingerprint density at radius 3 is 1.54 bits per heavy atom. The Bertz CT molecular complexity index is 4860. The molecule has 3 saturated carbocycles. The molecule has 105 heavy (non-hydrogen) atoms. The summed E-state index contributed by atoms with van der Waals surface area (Å²) in [6.07, 6.45) is 4.81. The van der Waals surface area contributed by atoms with Gasteiger partial charge in [0.05, 0.1) is 69.5 Å². The van der Waals surface area contributed by atoms with E-state index < -0.39 is 82.2 Å². The van der Waals surface area contributed by atoms with Gasteiger partial charge in [-0.25, -0.2) is 26.9 Å². The quantitative estimate of drug-likeness (QED) is 0.0145. The average molecular weight is 1430 g/mol. The summed E-state index contributed by atoms with van der Waals surface area (Å²) in [4.78, 5) is 106. The molecule has 4 aromatic heterocycles. The Kier molecular flexibility index (Phi) is 23.1. The molecule has 542 valence electrons. The van der Waals surface area contributed by atoms with Crippen LogP contribution in [0.2, 0.25) is 0 Å². The van der Waals surface area contributed by atoms with Crippen molar-refractivity contribution in [1.29, 1.82) is 0 Å². The molecule has 0 unspecified atom stereocenters. The second-order valence-corrected chi connectivity index (χ2v) is 26.4. The number of aliphatic hydroxyl groups excluding tert-OH is 1. The van der Waals surface area contributed by atoms with Gasteiger partial charge in [-0.3, -0.25) is 69.3 Å². The highest BCUT2D eigenvalue weighted by Crippen LogP contribution is 2.58. The lowest BCUT2D eigenvalue weighted by molar-refractivity contribution is -0.151. The van der Waals surface area contributed by atoms with Gasteiger partial charge in [-0.05, 0) is 154 Å². The van der Waals surface area contributed by atoms with Crippen molar-refractivity contribution in [2.45, 2.75) is 84.2 Å². The summed E-state index contributed by atoms with van der Waals surface area (Å²) in [5.74, 6) is -4.19. The lowest BCUT2D eigenvalue weighted by Crippen LogP contribution is -2.49. The first-order valence-corrected chi connectivity index (χ1v) is 33.9. The number of esters is 1. The first-order chi connectivity index (χ1) is 50.7. The minimum atomic E-state index is -1.33. The van der Waals surface area contributed by atoms with E-state index in [4.69, 9.17) is 44.8 Å². The number of hydrogen-bond donors (Lipinski definition) is 10. The second kappa shape index (κ2) is 32.7. The number of aryl methyl sites for hydroxylation is 2. The number of likely N-dealkylation sites (N-methyl/N-ethyl adjacent to an activating group) is 1. The fraction of sp³-hybridized carbons (Fsp3) is 0.278. The third kappa shape index (κ3) is 16.7. The van der Waals surface area contributed by atoms with Crippen LogP contribution in [0.1, 0.15) is 71.0 Å². The molecular formula is C79H80N10O16. The van der Waals surface area contributed by atoms with E-state index in [-0.39, 0.29) is 38.2 Å². The molecule has 3 fully saturated rings. The summed E-state index contributed by atoms with van der Waals surface area (Å²) < 4.78 is 23.4. The maximum Gasteiger partial charge on any atom is 0.313 e. The van der Waals surface area contributed by atoms with Gasteiger partial charge >= 0.3 is 5.97 Å². The van der Waals surface area contributed by atoms with Crippen molar-refractivity contribution in [1.82, 2.24) is 52.1 Å². The van der Waals surface area contributed by atoms with E-state index in [0.717, 1.165) is 83.2 Å². The second-order valence-electron chi connectivity index (χ2n) is 26.4. The smallest absolute Gasteiger partial charge is 0.313 e. The zero-order valence-corrected chi connectivity index (χ0v) is 58.2. The van der Waals surface area contributed by atoms with Gasteiger partial charge in [0.25, 0.3) is 11.8 Å². The number of rotatable bonds is 25. The van der Waals surface area contributed by atoms with Crippen molar-refractivity contribution in [3.63, 3.8) is 0 Å². The number of hydroxylamine groups is 4. The number of fused-ring (bicyclic) bond motifs is 3. The standard InChI is InChI=1S/C28H31N3O7.C27H24N4O5.C24H25N3O4/c1-3-37-27(35)28(14-22(28)25(33)30-24(15-32)26(34)31-36)13-18-8-10-20(11-9-18)38-16-19-12-17(2)29-23-7-5-4-6-21(19)23;32-25(30-34)22-14-27(22,26(33)31-35)13-17-7-9-20(10-8-17)36-16-19-12-24(18-4-3-11-28-15-18)29-23-6-2-1-5-21(19)23;1-15-11-16(19-9-4-5-10-21(19)25-15)14-31-18-8-6-7-17(12-18)24(23(29)27(2)3)13-20(24)22(28)26-30/h4-12,22,24,32,36H,3,13-16H2,1-2H3,(H,30,33)(H,31,34);1-12,15,22,34-35H,13-14,16H2,(H,30,32)(H,31,33);4-12,20,30H,13-14H2,1-3H3,(H,26,28)/t22-,24+,28+;22-,27+;20-,24-/m110/s1. The molecule has 0 spiro atoms. The molecule has 3 aliphatic rings. The number of hydrogen-bond acceptors (Lipinski definition) is 20. The maximum atomic E-state index is 12.9. The number of amides is 6. The van der Waals surface area contributed by atoms with Crippen LogP contribution in [-0.2, 0) is 76.4 Å². The fourth-order valence-corrected chi connectivity index (χ4v) is 13.6. The van der Waals surface area contributed by atoms with Crippen LogP contribution in [0.25, 0.3) is 44.0 Å². The Morgan fingerprint density at radius 2 is 1.04 bits per heavy atom. The number of nitrogens with one attached hydrogen (secondary N) is 5. The average Bonchev–Trinajstić information content (AvgIpc) is 1.75. The first-order valence-electron chi connectivity index (χ1n) is 33.9. The largest absolute Gasteiger partial charge is 0.489 e. The Labute approximate surface area is 603 Å². The number of ether oxygens (including phenoxy) is 4. The third-order valence-corrected chi connectivity index (χ3v) is 19.3. The van der Waals surface area contributed by atoms with Gasteiger partial charge in [0.15, 0.2) is 0 Å². The van der Waals surface area contributed by atoms with Crippen molar-refractivity contribution >= 4 is 74.1 Å². The minimum Gasteiger partial charge on any atom is -0.489 e. The van der Waals surface area contributed by atoms with Crippen molar-refractivity contribution in [3.05, 3.63) is 233 Å². The molecule has 4 heterocycles. The number of nitrogens with zero attached hydrogens (tertiary/aromatic N) is 5. The van der Waals surface area contributed by atoms with Crippen LogP contribution in [0.15, 0.2) is 188 Å². The molecule has 6 aromatic carbocycles. The number of para-hydroxylation sites is 3. The fourth-order valence-electron chi connectivity index (χ4n) is 13.6. The van der Waals surface area contributed by atoms with Gasteiger partial charge in [-0.15, -0.1) is 0 Å². The molecule has 7 atom stereocenters. The van der Waals surface area contributed by atoms with Crippen LogP contribution in [0.5, 0.6) is 17.2 Å². The van der Waals surface area contributed by atoms with Crippen LogP contribution in [0.3, 0.4) is 0 Å². The van der Waals surface area contributed by atoms with E-state index >= 15 is 0 Å². The zero-order valence-electron chi connectivity index (χ0n) is 58.2. The van der Waals surface area contributed by atoms with Gasteiger partial charge in [0, 0.05) is 76.3 Å². The lowest BCUT2D eigenvalue weighted by Gasteiger charge is -2.22. The van der Waals surface area contributed by atoms with E-state index in [1.54, 1.807) is 62.0 Å². The van der Waals surface area contributed by atoms with E-state index in [1.165, 1.54) is 10.4 Å². The Hall–Kier alpha value is -11.8. The summed E-state index contributed by atoms with van der Waals surface area (Å²) in [5.41, 5.74) is 14.8. The molecule has 3 aliphatic carbocycles. The van der Waals surface area contributed by atoms with Gasteiger partial charge in [-0.1, -0.05) is 91.0 Å². The normalized spacial score (nSPS) is 19.0. The highest BCUT2D eigenvalue weighted by molar-refractivity contribution is 6.01. The summed E-state index contributed by atoms with van der Waals surface area (Å²) in [5, 5.41) is 50.7. The maximum absolute atomic E-state index is 12.9. The van der Waals surface area contributed by atoms with Crippen molar-refractivity contribution in [2.75, 3.05) is 27.3 Å². The monoisotopic (exact) mass is 1420 g/mol. The van der Waals surface area contributed by atoms with Crippen molar-refractivity contribution < 1.29 is 78.4 Å². The van der Waals surface area contributed by atoms with E-state index in [0.29, 0.717) is 49.1 Å². The number of carbonyl (C=O) groups excluding carboxylic acids is 7. The molecule has 0 aliphatic heterocycles. The molecular weight excluding hydrogens is 1340 g/mol. The molecule has 26 nitrogen and oxygen atoms in total. The topological polar surface area (TPSA) is 373 Å². The van der Waals surface area contributed by atoms with Crippen LogP contribution in [-0.4, -0.2) is 126 Å². The summed E-state index contributed by atoms with van der Waals surface area (Å²) >= 11 is 0. The highest BCUT2D eigenvalue weighted by Gasteiger charge is 2.66. The van der Waals surface area contributed by atoms with E-state index in [2.05, 4.69) is 20.3 Å². The molecule has 0 radical (unpaired) electrons. The SMILES string of the molecule is CCOC(=O)[C@@]1(Cc2ccc(OCc3cc(C)nc4ccccc34)cc2)C[C@@H]1C(=O)N[C@@H](CO)C(=O)NO.Cc1cc(COc2cccc([C@@]3(C(=O)N(C)C)C[C@H]3C(=O)NO)c2)c2ccccc2n1.O=C(NO)[C@H]1C[C@]1(Cc1ccc(OCc2cc(-c3cccnc3)nc3ccccc23)cc1)C(=O)NO. The Balaban J connectivity index is 0.000000158. The van der Waals surface area contributed by atoms with Gasteiger partial charge in [0.2, 0.25) is 23.6 Å². The number of pyridine rings is 4. The molecule has 0 saturated heterocycles. The first kappa shape index (κ1) is 74.4. The molecule has 13 rings (SSSR count). The predicted molar refractivity (Wildman–Crippen MR) is 383 cm³/mol. The summed E-state index contributed by atoms with van der Waals surface area (Å²) in [6.45, 7) is 6.09. The van der Waals surface area contributed by atoms with Gasteiger partial charge in [-0.2, -0.15) is 0 Å². The van der Waals surface area contributed by atoms with Crippen LogP contribution in [0.4, 0.5) is 0 Å². The third-order valence-electron chi connectivity index (χ3n) is 19.3. The van der Waals surface area contributed by atoms with Crippen molar-refractivity contribution in [2.24, 2.45) is 28.6 Å². The lowest BCUT2D eigenvalue weighted by atomic mass is 9.91. The van der Waals surface area contributed by atoms with Crippen LogP contribution in [0, 0.1) is 42.4 Å².